The van der Waals surface area contributed by atoms with Crippen LogP contribution in [0.4, 0.5) is 35.3 Å². The number of nitrogens with zero attached hydrogens (tertiary/aromatic N) is 3. The molecule has 0 spiro atoms. The van der Waals surface area contributed by atoms with Crippen molar-refractivity contribution in [2.75, 3.05) is 37.2 Å². The molecule has 220 valence electrons. The van der Waals surface area contributed by atoms with Crippen LogP contribution in [0.1, 0.15) is 60.4 Å². The molecule has 40 heavy (non-hydrogen) atoms. The molecule has 0 radical (unpaired) electrons. The lowest BCUT2D eigenvalue weighted by Crippen LogP contribution is -2.39. The summed E-state index contributed by atoms with van der Waals surface area (Å²) in [5.74, 6) is -1.94. The summed E-state index contributed by atoms with van der Waals surface area (Å²) < 4.78 is 79.7. The number of hydrogen-bond acceptors (Lipinski definition) is 5. The van der Waals surface area contributed by atoms with Crippen LogP contribution in [0.15, 0.2) is 35.4 Å². The van der Waals surface area contributed by atoms with Gasteiger partial charge in [0.1, 0.15) is 10.7 Å². The Balaban J connectivity index is 1.21. The number of nitrogen functional groups attached to an aromatic ring is 1. The Morgan fingerprint density at radius 2 is 1.50 bits per heavy atom. The number of anilines is 2. The minimum atomic E-state index is -9.84. The Bertz CT molecular complexity index is 1310. The van der Waals surface area contributed by atoms with Gasteiger partial charge in [0.15, 0.2) is 5.82 Å². The number of carbonyl (C=O) groups excluding carboxylic acids is 2. The number of hydrogen-bond donors (Lipinski definition) is 2. The van der Waals surface area contributed by atoms with E-state index in [1.165, 1.54) is 17.7 Å². The Labute approximate surface area is 227 Å². The van der Waals surface area contributed by atoms with Crippen molar-refractivity contribution in [1.82, 2.24) is 14.8 Å². The van der Waals surface area contributed by atoms with Crippen LogP contribution in [0.2, 0.25) is 0 Å². The molecule has 3 aliphatic rings. The van der Waals surface area contributed by atoms with E-state index < -0.39 is 26.8 Å². The quantitative estimate of drug-likeness (QED) is 0.385. The van der Waals surface area contributed by atoms with E-state index in [1.54, 1.807) is 0 Å². The van der Waals surface area contributed by atoms with E-state index in [-0.39, 0.29) is 65.6 Å². The predicted octanol–water partition coefficient (Wildman–Crippen LogP) is 6.29. The number of halogens is 6. The minimum absolute atomic E-state index is 0.0279. The number of rotatable bonds is 6. The molecule has 3 fully saturated rings. The fraction of sp³-hybridized carbons (Fsp3) is 0.500. The fourth-order valence-electron chi connectivity index (χ4n) is 5.62. The summed E-state index contributed by atoms with van der Waals surface area (Å²) in [5, 5.41) is 2.76. The standard InChI is InChI=1S/C26H31F6N5O2S/c27-21-15-34-24(35-25(38)17-9-11-36(12-10-17)19-3-4-19)23(33)22(21)16-7-13-37(14-8-16)26(39)18-1-5-20(6-2-18)40(28,29,30,31)32/h1-2,5-6,15-17,19H,3-4,7-14,33H2,(H,34,35,38). The largest absolute Gasteiger partial charge is 0.395 e. The molecular weight excluding hydrogens is 560 g/mol. The zero-order valence-electron chi connectivity index (χ0n) is 21.6. The van der Waals surface area contributed by atoms with Crippen LogP contribution in [0.3, 0.4) is 0 Å². The molecule has 7 nitrogen and oxygen atoms in total. The highest BCUT2D eigenvalue weighted by molar-refractivity contribution is 8.45. The van der Waals surface area contributed by atoms with E-state index in [1.807, 2.05) is 0 Å². The maximum absolute atomic E-state index is 14.9. The minimum Gasteiger partial charge on any atom is -0.395 e. The molecule has 2 aliphatic heterocycles. The third kappa shape index (κ3) is 6.17. The van der Waals surface area contributed by atoms with Gasteiger partial charge in [-0.05, 0) is 81.8 Å². The number of amides is 2. The maximum atomic E-state index is 14.9. The van der Waals surface area contributed by atoms with Crippen molar-refractivity contribution >= 4 is 33.5 Å². The molecule has 0 atom stereocenters. The molecule has 2 saturated heterocycles. The molecule has 1 aromatic carbocycles. The predicted molar refractivity (Wildman–Crippen MR) is 140 cm³/mol. The second kappa shape index (κ2) is 9.54. The molecule has 2 aromatic rings. The summed E-state index contributed by atoms with van der Waals surface area (Å²) in [7, 11) is -9.84. The summed E-state index contributed by atoms with van der Waals surface area (Å²) in [4.78, 5) is 31.4. The normalized spacial score (nSPS) is 21.5. The molecule has 14 heteroatoms. The first-order valence-electron chi connectivity index (χ1n) is 13.2. The third-order valence-corrected chi connectivity index (χ3v) is 9.21. The lowest BCUT2D eigenvalue weighted by atomic mass is 9.88. The molecule has 2 amide bonds. The van der Waals surface area contributed by atoms with Crippen LogP contribution in [-0.2, 0) is 4.79 Å². The van der Waals surface area contributed by atoms with Gasteiger partial charge in [-0.1, -0.05) is 19.4 Å². The van der Waals surface area contributed by atoms with Gasteiger partial charge in [-0.25, -0.2) is 9.37 Å². The third-order valence-electron chi connectivity index (χ3n) is 8.05. The van der Waals surface area contributed by atoms with Gasteiger partial charge in [0, 0.05) is 36.2 Å². The first kappa shape index (κ1) is 28.5. The number of pyridine rings is 1. The molecule has 1 saturated carbocycles. The first-order valence-corrected chi connectivity index (χ1v) is 15.2. The van der Waals surface area contributed by atoms with Gasteiger partial charge in [0.05, 0.1) is 11.9 Å². The Hall–Kier alpha value is -3.00. The summed E-state index contributed by atoms with van der Waals surface area (Å²) in [6, 6.07) is 2.52. The van der Waals surface area contributed by atoms with E-state index in [9.17, 15) is 33.4 Å². The second-order valence-corrected chi connectivity index (χ2v) is 13.3. The van der Waals surface area contributed by atoms with Crippen LogP contribution in [0, 0.1) is 11.7 Å². The maximum Gasteiger partial charge on any atom is 0.310 e. The highest BCUT2D eigenvalue weighted by atomic mass is 32.5. The Morgan fingerprint density at radius 1 is 0.900 bits per heavy atom. The molecule has 0 bridgehead atoms. The van der Waals surface area contributed by atoms with Gasteiger partial charge < -0.3 is 20.9 Å². The topological polar surface area (TPSA) is 91.6 Å². The number of aromatic nitrogens is 1. The van der Waals surface area contributed by atoms with Crippen molar-refractivity contribution in [1.29, 1.82) is 0 Å². The molecule has 1 aliphatic carbocycles. The molecule has 5 rings (SSSR count). The van der Waals surface area contributed by atoms with E-state index in [0.29, 0.717) is 18.9 Å². The van der Waals surface area contributed by atoms with Gasteiger partial charge in [-0.2, -0.15) is 0 Å². The van der Waals surface area contributed by atoms with E-state index in [0.717, 1.165) is 44.3 Å². The summed E-state index contributed by atoms with van der Waals surface area (Å²) in [6.07, 6.45) is 5.48. The van der Waals surface area contributed by atoms with Crippen molar-refractivity contribution in [3.05, 3.63) is 47.4 Å². The monoisotopic (exact) mass is 591 g/mol. The van der Waals surface area contributed by atoms with E-state index in [4.69, 9.17) is 5.73 Å². The van der Waals surface area contributed by atoms with Crippen molar-refractivity contribution in [2.45, 2.75) is 55.4 Å². The van der Waals surface area contributed by atoms with E-state index >= 15 is 0 Å². The summed E-state index contributed by atoms with van der Waals surface area (Å²) in [6.45, 7) is 2.01. The van der Waals surface area contributed by atoms with Crippen molar-refractivity contribution < 1.29 is 33.4 Å². The van der Waals surface area contributed by atoms with Crippen molar-refractivity contribution in [2.24, 2.45) is 5.92 Å². The number of nitrogens with one attached hydrogen (secondary N) is 1. The van der Waals surface area contributed by atoms with E-state index in [2.05, 4.69) is 15.2 Å². The smallest absolute Gasteiger partial charge is 0.310 e. The Morgan fingerprint density at radius 3 is 2.05 bits per heavy atom. The van der Waals surface area contributed by atoms with Gasteiger partial charge in [0.2, 0.25) is 5.91 Å². The molecular formula is C26H31F6N5O2S. The van der Waals surface area contributed by atoms with Crippen LogP contribution < -0.4 is 11.1 Å². The van der Waals surface area contributed by atoms with Gasteiger partial charge in [0.25, 0.3) is 5.91 Å². The number of piperidine rings is 2. The zero-order valence-corrected chi connectivity index (χ0v) is 22.4. The number of carbonyl (C=O) groups is 2. The molecule has 3 heterocycles. The summed E-state index contributed by atoms with van der Waals surface area (Å²) in [5.41, 5.74) is 6.33. The molecule has 3 N–H and O–H groups in total. The average molecular weight is 592 g/mol. The highest BCUT2D eigenvalue weighted by Crippen LogP contribution is 3.02. The zero-order chi connectivity index (χ0) is 28.9. The van der Waals surface area contributed by atoms with Crippen LogP contribution in [-0.4, -0.2) is 58.8 Å². The molecule has 0 unspecified atom stereocenters. The fourth-order valence-corrected chi connectivity index (χ4v) is 6.28. The van der Waals surface area contributed by atoms with Gasteiger partial charge in [-0.15, -0.1) is 0 Å². The number of benzene rings is 1. The van der Waals surface area contributed by atoms with Crippen LogP contribution >= 0.6 is 10.2 Å². The SMILES string of the molecule is Nc1c(NC(=O)C2CCN(C3CC3)CC2)ncc(F)c1C1CCN(C(=O)c2ccc(S(F)(F)(F)(F)F)cc2)CC1. The average Bonchev–Trinajstić information content (AvgIpc) is 3.75. The first-order chi connectivity index (χ1) is 18.6. The number of nitrogens with two attached hydrogens (primary N) is 1. The lowest BCUT2D eigenvalue weighted by molar-refractivity contribution is -0.121. The summed E-state index contributed by atoms with van der Waals surface area (Å²) >= 11 is 0. The van der Waals surface area contributed by atoms with Gasteiger partial charge in [-0.3, -0.25) is 9.59 Å². The molecule has 1 aromatic heterocycles. The highest BCUT2D eigenvalue weighted by Gasteiger charge is 2.65. The van der Waals surface area contributed by atoms with Crippen molar-refractivity contribution in [3.8, 4) is 0 Å². The second-order valence-electron chi connectivity index (χ2n) is 10.9. The number of likely N-dealkylation sites (tertiary alicyclic amines) is 2. The van der Waals surface area contributed by atoms with Crippen molar-refractivity contribution in [3.63, 3.8) is 0 Å². The van der Waals surface area contributed by atoms with Gasteiger partial charge >= 0.3 is 10.2 Å². The van der Waals surface area contributed by atoms with Crippen LogP contribution in [0.25, 0.3) is 0 Å². The lowest BCUT2D eigenvalue weighted by Gasteiger charge is -2.40. The Kier molecular flexibility index (Phi) is 6.80. The van der Waals surface area contributed by atoms with Crippen LogP contribution in [0.5, 0.6) is 0 Å².